The number of aromatic nitrogens is 1. The fraction of sp³-hybridized carbons (Fsp3) is 0.333. The summed E-state index contributed by atoms with van der Waals surface area (Å²) in [5, 5.41) is 6.54. The van der Waals surface area contributed by atoms with Crippen LogP contribution in [0.25, 0.3) is 0 Å². The maximum absolute atomic E-state index is 12.9. The predicted octanol–water partition coefficient (Wildman–Crippen LogP) is 2.83. The number of hydrogen-bond acceptors (Lipinski definition) is 2. The second kappa shape index (κ2) is 8.88. The van der Waals surface area contributed by atoms with Crippen LogP contribution in [0.5, 0.6) is 0 Å². The third kappa shape index (κ3) is 5.70. The molecule has 1 aromatic carbocycles. The number of benzene rings is 1. The van der Waals surface area contributed by atoms with Gasteiger partial charge in [-0.25, -0.2) is 9.38 Å². The molecule has 2 N–H and O–H groups in total. The molecule has 4 nitrogen and oxygen atoms in total. The molecule has 2 rings (SSSR count). The standard InChI is InChI=1S/C18H23FN4/c1-3-21-18(23-13-15-4-6-17(19)7-5-15)22-11-9-16-8-10-20-12-14(16)2/h4-8,10,12H,3,9,11,13H2,1-2H3,(H2,21,22,23). The number of guanidine groups is 1. The summed E-state index contributed by atoms with van der Waals surface area (Å²) in [6, 6.07) is 8.46. The summed E-state index contributed by atoms with van der Waals surface area (Å²) >= 11 is 0. The highest BCUT2D eigenvalue weighted by Crippen LogP contribution is 2.05. The molecule has 0 unspecified atom stereocenters. The molecular weight excluding hydrogens is 291 g/mol. The summed E-state index contributed by atoms with van der Waals surface area (Å²) < 4.78 is 12.9. The van der Waals surface area contributed by atoms with Gasteiger partial charge in [-0.05, 0) is 55.2 Å². The number of nitrogens with one attached hydrogen (secondary N) is 2. The van der Waals surface area contributed by atoms with Crippen LogP contribution in [0.1, 0.15) is 23.6 Å². The highest BCUT2D eigenvalue weighted by atomic mass is 19.1. The van der Waals surface area contributed by atoms with Crippen LogP contribution in [-0.4, -0.2) is 24.0 Å². The second-order valence-corrected chi connectivity index (χ2v) is 5.30. The Balaban J connectivity index is 1.89. The summed E-state index contributed by atoms with van der Waals surface area (Å²) in [6.07, 6.45) is 4.61. The largest absolute Gasteiger partial charge is 0.357 e. The highest BCUT2D eigenvalue weighted by Gasteiger charge is 2.00. The molecule has 0 aliphatic carbocycles. The van der Waals surface area contributed by atoms with Gasteiger partial charge in [0, 0.05) is 25.5 Å². The average molecular weight is 314 g/mol. The van der Waals surface area contributed by atoms with Crippen molar-refractivity contribution in [2.45, 2.75) is 26.8 Å². The van der Waals surface area contributed by atoms with Gasteiger partial charge >= 0.3 is 0 Å². The van der Waals surface area contributed by atoms with Crippen LogP contribution in [-0.2, 0) is 13.0 Å². The van der Waals surface area contributed by atoms with Crippen LogP contribution in [0, 0.1) is 12.7 Å². The molecule has 2 aromatic rings. The Morgan fingerprint density at radius 2 is 1.96 bits per heavy atom. The van der Waals surface area contributed by atoms with E-state index in [0.717, 1.165) is 31.0 Å². The Hall–Kier alpha value is -2.43. The maximum atomic E-state index is 12.9. The van der Waals surface area contributed by atoms with E-state index in [4.69, 9.17) is 0 Å². The fourth-order valence-electron chi connectivity index (χ4n) is 2.20. The summed E-state index contributed by atoms with van der Waals surface area (Å²) in [5.41, 5.74) is 3.46. The predicted molar refractivity (Wildman–Crippen MR) is 91.9 cm³/mol. The van der Waals surface area contributed by atoms with Gasteiger partial charge in [0.25, 0.3) is 0 Å². The smallest absolute Gasteiger partial charge is 0.191 e. The van der Waals surface area contributed by atoms with Gasteiger partial charge < -0.3 is 10.6 Å². The van der Waals surface area contributed by atoms with Crippen molar-refractivity contribution >= 4 is 5.96 Å². The van der Waals surface area contributed by atoms with Gasteiger partial charge in [-0.3, -0.25) is 4.98 Å². The molecule has 0 amide bonds. The molecule has 1 heterocycles. The zero-order valence-corrected chi connectivity index (χ0v) is 13.6. The van der Waals surface area contributed by atoms with Gasteiger partial charge in [0.05, 0.1) is 6.54 Å². The van der Waals surface area contributed by atoms with Crippen molar-refractivity contribution in [3.05, 3.63) is 65.2 Å². The SMILES string of the molecule is CCNC(=NCc1ccc(F)cc1)NCCc1ccncc1C. The Morgan fingerprint density at radius 1 is 1.17 bits per heavy atom. The summed E-state index contributed by atoms with van der Waals surface area (Å²) in [7, 11) is 0. The first-order chi connectivity index (χ1) is 11.2. The minimum Gasteiger partial charge on any atom is -0.357 e. The Kier molecular flexibility index (Phi) is 6.54. The molecule has 23 heavy (non-hydrogen) atoms. The third-order valence-corrected chi connectivity index (χ3v) is 3.50. The van der Waals surface area contributed by atoms with E-state index >= 15 is 0 Å². The van der Waals surface area contributed by atoms with Crippen molar-refractivity contribution in [1.82, 2.24) is 15.6 Å². The molecule has 0 spiro atoms. The molecule has 0 saturated heterocycles. The molecular formula is C18H23FN4. The Morgan fingerprint density at radius 3 is 2.65 bits per heavy atom. The van der Waals surface area contributed by atoms with Gasteiger partial charge in [-0.2, -0.15) is 0 Å². The van der Waals surface area contributed by atoms with Gasteiger partial charge in [0.2, 0.25) is 0 Å². The molecule has 122 valence electrons. The number of pyridine rings is 1. The topological polar surface area (TPSA) is 49.3 Å². The van der Waals surface area contributed by atoms with Crippen LogP contribution in [0.4, 0.5) is 4.39 Å². The van der Waals surface area contributed by atoms with E-state index in [1.807, 2.05) is 25.4 Å². The summed E-state index contributed by atoms with van der Waals surface area (Å²) in [5.74, 6) is 0.541. The normalized spacial score (nSPS) is 11.3. The zero-order chi connectivity index (χ0) is 16.5. The maximum Gasteiger partial charge on any atom is 0.191 e. The minimum atomic E-state index is -0.226. The lowest BCUT2D eigenvalue weighted by Gasteiger charge is -2.12. The first kappa shape index (κ1) is 16.9. The first-order valence-corrected chi connectivity index (χ1v) is 7.85. The van der Waals surface area contributed by atoms with Crippen molar-refractivity contribution in [2.24, 2.45) is 4.99 Å². The van der Waals surface area contributed by atoms with Crippen LogP contribution in [0.3, 0.4) is 0 Å². The van der Waals surface area contributed by atoms with E-state index in [0.29, 0.717) is 6.54 Å². The number of aryl methyl sites for hydroxylation is 1. The van der Waals surface area contributed by atoms with Crippen LogP contribution in [0.15, 0.2) is 47.7 Å². The molecule has 1 aromatic heterocycles. The monoisotopic (exact) mass is 314 g/mol. The lowest BCUT2D eigenvalue weighted by Crippen LogP contribution is -2.38. The highest BCUT2D eigenvalue weighted by molar-refractivity contribution is 5.79. The molecule has 0 aliphatic heterocycles. The van der Waals surface area contributed by atoms with E-state index < -0.39 is 0 Å². The van der Waals surface area contributed by atoms with E-state index in [-0.39, 0.29) is 5.82 Å². The van der Waals surface area contributed by atoms with E-state index in [1.54, 1.807) is 12.1 Å². The van der Waals surface area contributed by atoms with Crippen molar-refractivity contribution in [3.8, 4) is 0 Å². The molecule has 0 saturated carbocycles. The molecule has 0 bridgehead atoms. The fourth-order valence-corrected chi connectivity index (χ4v) is 2.20. The molecule has 5 heteroatoms. The van der Waals surface area contributed by atoms with Crippen molar-refractivity contribution in [3.63, 3.8) is 0 Å². The Bertz CT molecular complexity index is 638. The van der Waals surface area contributed by atoms with E-state index in [2.05, 4.69) is 27.5 Å². The molecule has 0 aliphatic rings. The molecule has 0 radical (unpaired) electrons. The Labute approximate surface area is 136 Å². The van der Waals surface area contributed by atoms with Crippen LogP contribution in [0.2, 0.25) is 0 Å². The average Bonchev–Trinajstić information content (AvgIpc) is 2.56. The van der Waals surface area contributed by atoms with Crippen LogP contribution < -0.4 is 10.6 Å². The van der Waals surface area contributed by atoms with Gasteiger partial charge in [0.15, 0.2) is 5.96 Å². The molecule has 0 fully saturated rings. The first-order valence-electron chi connectivity index (χ1n) is 7.85. The van der Waals surface area contributed by atoms with Crippen molar-refractivity contribution in [2.75, 3.05) is 13.1 Å². The van der Waals surface area contributed by atoms with Gasteiger partial charge in [-0.15, -0.1) is 0 Å². The van der Waals surface area contributed by atoms with E-state index in [1.165, 1.54) is 23.3 Å². The summed E-state index contributed by atoms with van der Waals surface area (Å²) in [4.78, 5) is 8.63. The number of halogens is 1. The quantitative estimate of drug-likeness (QED) is 0.637. The van der Waals surface area contributed by atoms with Gasteiger partial charge in [0.1, 0.15) is 5.82 Å². The minimum absolute atomic E-state index is 0.226. The van der Waals surface area contributed by atoms with Crippen molar-refractivity contribution < 1.29 is 4.39 Å². The van der Waals surface area contributed by atoms with Gasteiger partial charge in [-0.1, -0.05) is 12.1 Å². The second-order valence-electron chi connectivity index (χ2n) is 5.30. The van der Waals surface area contributed by atoms with Crippen LogP contribution >= 0.6 is 0 Å². The zero-order valence-electron chi connectivity index (χ0n) is 13.6. The number of nitrogens with zero attached hydrogens (tertiary/aromatic N) is 2. The van der Waals surface area contributed by atoms with Crippen molar-refractivity contribution in [1.29, 1.82) is 0 Å². The third-order valence-electron chi connectivity index (χ3n) is 3.50. The number of aliphatic imine (C=N–C) groups is 1. The molecule has 0 atom stereocenters. The summed E-state index contributed by atoms with van der Waals surface area (Å²) in [6.45, 7) is 6.20. The number of rotatable bonds is 6. The van der Waals surface area contributed by atoms with E-state index in [9.17, 15) is 4.39 Å². The lowest BCUT2D eigenvalue weighted by atomic mass is 10.1. The number of hydrogen-bond donors (Lipinski definition) is 2. The lowest BCUT2D eigenvalue weighted by molar-refractivity contribution is 0.627.